The molecule has 0 aromatic heterocycles. The lowest BCUT2D eigenvalue weighted by Crippen LogP contribution is -2.39. The first-order valence-electron chi connectivity index (χ1n) is 9.14. The highest BCUT2D eigenvalue weighted by Crippen LogP contribution is 2.58. The zero-order valence-corrected chi connectivity index (χ0v) is 14.0. The molecule has 0 heterocycles. The second-order valence-corrected chi connectivity index (χ2v) is 7.81. The predicted molar refractivity (Wildman–Crippen MR) is 91.4 cm³/mol. The van der Waals surface area contributed by atoms with Crippen molar-refractivity contribution in [2.75, 3.05) is 6.61 Å². The van der Waals surface area contributed by atoms with Crippen molar-refractivity contribution in [2.45, 2.75) is 58.3 Å². The van der Waals surface area contributed by atoms with Gasteiger partial charge in [0.05, 0.1) is 6.61 Å². The van der Waals surface area contributed by atoms with E-state index in [4.69, 9.17) is 4.74 Å². The predicted octanol–water partition coefficient (Wildman–Crippen LogP) is 5.50. The Balaban J connectivity index is 1.60. The summed E-state index contributed by atoms with van der Waals surface area (Å²) in [5.74, 6) is 3.64. The van der Waals surface area contributed by atoms with Crippen LogP contribution in [0.25, 0.3) is 0 Å². The number of hydrogen-bond donors (Lipinski definition) is 0. The van der Waals surface area contributed by atoms with Gasteiger partial charge in [-0.15, -0.1) is 0 Å². The minimum Gasteiger partial charge on any atom is -0.494 e. The van der Waals surface area contributed by atoms with Crippen molar-refractivity contribution in [2.24, 2.45) is 17.3 Å². The first kappa shape index (κ1) is 14.4. The van der Waals surface area contributed by atoms with Gasteiger partial charge >= 0.3 is 0 Å². The molecular weight excluding hydrogens is 268 g/mol. The summed E-state index contributed by atoms with van der Waals surface area (Å²) in [7, 11) is 0. The molecule has 118 valence electrons. The number of hydrogen-bond acceptors (Lipinski definition) is 1. The minimum atomic E-state index is 0.489. The Morgan fingerprint density at radius 3 is 3.05 bits per heavy atom. The van der Waals surface area contributed by atoms with Gasteiger partial charge in [-0.2, -0.15) is 0 Å². The van der Waals surface area contributed by atoms with Crippen LogP contribution in [-0.2, 0) is 6.42 Å². The maximum atomic E-state index is 5.83. The van der Waals surface area contributed by atoms with E-state index in [0.717, 1.165) is 36.5 Å². The van der Waals surface area contributed by atoms with Crippen LogP contribution in [0, 0.1) is 17.3 Å². The molecule has 22 heavy (non-hydrogen) atoms. The quantitative estimate of drug-likeness (QED) is 0.669. The fourth-order valence-corrected chi connectivity index (χ4v) is 5.35. The molecule has 0 bridgehead atoms. The molecule has 3 aliphatic carbocycles. The lowest BCUT2D eigenvalue weighted by molar-refractivity contribution is 0.0825. The second-order valence-electron chi connectivity index (χ2n) is 7.81. The number of benzene rings is 1. The van der Waals surface area contributed by atoms with Crippen LogP contribution in [0.3, 0.4) is 0 Å². The fourth-order valence-electron chi connectivity index (χ4n) is 5.35. The van der Waals surface area contributed by atoms with Gasteiger partial charge in [0.15, 0.2) is 0 Å². The van der Waals surface area contributed by atoms with Crippen molar-refractivity contribution < 1.29 is 4.74 Å². The number of fused-ring (bicyclic) bond motifs is 5. The molecule has 0 unspecified atom stereocenters. The highest BCUT2D eigenvalue weighted by molar-refractivity contribution is 5.41. The van der Waals surface area contributed by atoms with E-state index in [9.17, 15) is 0 Å². The van der Waals surface area contributed by atoms with Gasteiger partial charge < -0.3 is 4.74 Å². The first-order chi connectivity index (χ1) is 10.7. The monoisotopic (exact) mass is 296 g/mol. The van der Waals surface area contributed by atoms with Gasteiger partial charge in [0.2, 0.25) is 0 Å². The van der Waals surface area contributed by atoms with Gasteiger partial charge in [-0.25, -0.2) is 0 Å². The molecule has 1 aromatic rings. The van der Waals surface area contributed by atoms with Crippen LogP contribution < -0.4 is 4.74 Å². The van der Waals surface area contributed by atoms with Crippen molar-refractivity contribution in [3.63, 3.8) is 0 Å². The summed E-state index contributed by atoms with van der Waals surface area (Å²) in [5, 5.41) is 0. The van der Waals surface area contributed by atoms with Crippen LogP contribution in [0.4, 0.5) is 0 Å². The van der Waals surface area contributed by atoms with E-state index in [-0.39, 0.29) is 0 Å². The van der Waals surface area contributed by atoms with Gasteiger partial charge in [-0.1, -0.05) is 32.1 Å². The summed E-state index contributed by atoms with van der Waals surface area (Å²) in [6.07, 6.45) is 12.7. The van der Waals surface area contributed by atoms with Crippen molar-refractivity contribution in [3.05, 3.63) is 41.5 Å². The smallest absolute Gasteiger partial charge is 0.119 e. The highest BCUT2D eigenvalue weighted by atomic mass is 16.5. The van der Waals surface area contributed by atoms with Gasteiger partial charge in [-0.05, 0) is 85.0 Å². The first-order valence-corrected chi connectivity index (χ1v) is 9.14. The lowest BCUT2D eigenvalue weighted by Gasteiger charge is -2.49. The van der Waals surface area contributed by atoms with Crippen LogP contribution in [-0.4, -0.2) is 6.61 Å². The molecule has 0 amide bonds. The topological polar surface area (TPSA) is 9.23 Å². The largest absolute Gasteiger partial charge is 0.494 e. The van der Waals surface area contributed by atoms with Crippen molar-refractivity contribution in [1.82, 2.24) is 0 Å². The zero-order chi connectivity index (χ0) is 15.2. The van der Waals surface area contributed by atoms with E-state index < -0.39 is 0 Å². The van der Waals surface area contributed by atoms with Crippen molar-refractivity contribution in [1.29, 1.82) is 0 Å². The zero-order valence-electron chi connectivity index (χ0n) is 14.0. The Morgan fingerprint density at radius 2 is 2.18 bits per heavy atom. The van der Waals surface area contributed by atoms with Crippen molar-refractivity contribution >= 4 is 0 Å². The van der Waals surface area contributed by atoms with Crippen LogP contribution in [0.2, 0.25) is 0 Å². The van der Waals surface area contributed by atoms with Gasteiger partial charge in [0, 0.05) is 0 Å². The van der Waals surface area contributed by atoms with E-state index in [2.05, 4.69) is 44.2 Å². The van der Waals surface area contributed by atoms with Crippen LogP contribution >= 0.6 is 0 Å². The average molecular weight is 296 g/mol. The summed E-state index contributed by atoms with van der Waals surface area (Å²) in [6.45, 7) is 5.49. The molecule has 1 fully saturated rings. The molecule has 3 aliphatic rings. The number of allylic oxidation sites excluding steroid dienone is 2. The highest BCUT2D eigenvalue weighted by Gasteiger charge is 2.48. The number of aryl methyl sites for hydroxylation is 1. The molecule has 1 saturated carbocycles. The normalized spacial score (nSPS) is 35.6. The summed E-state index contributed by atoms with van der Waals surface area (Å²) >= 11 is 0. The number of ether oxygens (including phenoxy) is 1. The van der Waals surface area contributed by atoms with Gasteiger partial charge in [0.25, 0.3) is 0 Å². The maximum absolute atomic E-state index is 5.83. The SMILES string of the molecule is CCCOc1ccc2c(c1)CC[C@@H]1[C@@H]2CC[C@]2(C)C=CC[C@@H]12. The molecule has 1 heteroatoms. The van der Waals surface area contributed by atoms with Crippen LogP contribution in [0.5, 0.6) is 5.75 Å². The minimum absolute atomic E-state index is 0.489. The third-order valence-corrected chi connectivity index (χ3v) is 6.50. The van der Waals surface area contributed by atoms with Crippen LogP contribution in [0.1, 0.15) is 63.0 Å². The summed E-state index contributed by atoms with van der Waals surface area (Å²) in [5.41, 5.74) is 3.68. The fraction of sp³-hybridized carbons (Fsp3) is 0.619. The average Bonchev–Trinajstić information content (AvgIpc) is 2.94. The molecule has 4 rings (SSSR count). The Hall–Kier alpha value is -1.24. The Kier molecular flexibility index (Phi) is 3.55. The Labute approximate surface area is 134 Å². The third-order valence-electron chi connectivity index (χ3n) is 6.50. The molecule has 1 aromatic carbocycles. The molecule has 4 atom stereocenters. The van der Waals surface area contributed by atoms with E-state index in [0.29, 0.717) is 5.41 Å². The van der Waals surface area contributed by atoms with E-state index >= 15 is 0 Å². The summed E-state index contributed by atoms with van der Waals surface area (Å²) < 4.78 is 5.83. The van der Waals surface area contributed by atoms with Crippen molar-refractivity contribution in [3.8, 4) is 5.75 Å². The van der Waals surface area contributed by atoms with Crippen LogP contribution in [0.15, 0.2) is 30.4 Å². The Morgan fingerprint density at radius 1 is 1.27 bits per heavy atom. The molecule has 0 saturated heterocycles. The van der Waals surface area contributed by atoms with Gasteiger partial charge in [-0.3, -0.25) is 0 Å². The molecule has 0 radical (unpaired) electrons. The molecule has 0 spiro atoms. The maximum Gasteiger partial charge on any atom is 0.119 e. The lowest BCUT2D eigenvalue weighted by atomic mass is 9.56. The number of rotatable bonds is 3. The second kappa shape index (κ2) is 5.44. The molecular formula is C21H28O. The van der Waals surface area contributed by atoms with Gasteiger partial charge in [0.1, 0.15) is 5.75 Å². The Bertz CT molecular complexity index is 588. The molecule has 0 N–H and O–H groups in total. The molecule has 1 nitrogen and oxygen atoms in total. The molecule has 0 aliphatic heterocycles. The van der Waals surface area contributed by atoms with E-state index in [1.165, 1.54) is 32.1 Å². The van der Waals surface area contributed by atoms with E-state index in [1.54, 1.807) is 11.1 Å². The summed E-state index contributed by atoms with van der Waals surface area (Å²) in [4.78, 5) is 0. The third kappa shape index (κ3) is 2.21. The van der Waals surface area contributed by atoms with E-state index in [1.807, 2.05) is 0 Å². The summed E-state index contributed by atoms with van der Waals surface area (Å²) in [6, 6.07) is 6.90. The standard InChI is InChI=1S/C21H28O/c1-3-13-22-16-7-9-17-15(14-16)6-8-19-18(17)10-12-21(2)11-4-5-20(19)21/h4,7,9,11,14,18-20H,3,5-6,8,10,12-13H2,1-2H3/t18-,19-,20+,21+/m1/s1.